The molecule has 0 bridgehead atoms. The second-order valence-corrected chi connectivity index (χ2v) is 15.2. The lowest BCUT2D eigenvalue weighted by Crippen LogP contribution is -2.64. The van der Waals surface area contributed by atoms with Crippen LogP contribution in [-0.2, 0) is 38.2 Å². The SMILES string of the molecule is C=CCCCCC[C@H](NC(=O)OC(C)(C)C)C(=O)N1C[C@@H](OS(=O)(=O)c2ccc(Br)cc2)C[C@H]1C(=O)N[C@]1(C(=O)OCC)C=C[C@H]1C=C. The first kappa shape index (κ1) is 39.0. The van der Waals surface area contributed by atoms with Crippen molar-refractivity contribution in [2.75, 3.05) is 13.2 Å². The van der Waals surface area contributed by atoms with Crippen LogP contribution < -0.4 is 10.6 Å². The number of hydrogen-bond donors (Lipinski definition) is 2. The van der Waals surface area contributed by atoms with Crippen LogP contribution in [0.15, 0.2) is 71.1 Å². The number of carbonyl (C=O) groups is 4. The van der Waals surface area contributed by atoms with Gasteiger partial charge in [-0.3, -0.25) is 13.8 Å². The molecular weight excluding hydrogens is 706 g/mol. The van der Waals surface area contributed by atoms with Gasteiger partial charge < -0.3 is 25.0 Å². The monoisotopic (exact) mass is 751 g/mol. The lowest BCUT2D eigenvalue weighted by atomic mass is 9.74. The Hall–Kier alpha value is -3.49. The highest BCUT2D eigenvalue weighted by Crippen LogP contribution is 2.34. The van der Waals surface area contributed by atoms with Gasteiger partial charge in [0.05, 0.1) is 17.6 Å². The molecule has 1 saturated heterocycles. The molecule has 0 aromatic heterocycles. The molecule has 1 aliphatic heterocycles. The zero-order chi connectivity index (χ0) is 35.7. The highest BCUT2D eigenvalue weighted by molar-refractivity contribution is 9.10. The molecule has 0 spiro atoms. The van der Waals surface area contributed by atoms with E-state index in [1.807, 2.05) is 0 Å². The molecule has 3 amide bonds. The number of ether oxygens (including phenoxy) is 2. The van der Waals surface area contributed by atoms with Gasteiger partial charge >= 0.3 is 12.1 Å². The van der Waals surface area contributed by atoms with Gasteiger partial charge in [0, 0.05) is 23.4 Å². The van der Waals surface area contributed by atoms with E-state index in [0.29, 0.717) is 10.9 Å². The Morgan fingerprint density at radius 3 is 2.38 bits per heavy atom. The minimum Gasteiger partial charge on any atom is -0.464 e. The van der Waals surface area contributed by atoms with Gasteiger partial charge in [-0.2, -0.15) is 8.42 Å². The molecule has 2 N–H and O–H groups in total. The van der Waals surface area contributed by atoms with Gasteiger partial charge in [-0.25, -0.2) is 9.59 Å². The van der Waals surface area contributed by atoms with Gasteiger partial charge in [-0.15, -0.1) is 13.2 Å². The van der Waals surface area contributed by atoms with E-state index in [1.54, 1.807) is 52.0 Å². The molecule has 48 heavy (non-hydrogen) atoms. The molecular formula is C34H46BrN3O9S. The van der Waals surface area contributed by atoms with Crippen molar-refractivity contribution in [3.05, 3.63) is 66.2 Å². The quantitative estimate of drug-likeness (QED) is 0.103. The summed E-state index contributed by atoms with van der Waals surface area (Å²) in [6.07, 6.45) is 7.54. The van der Waals surface area contributed by atoms with E-state index in [2.05, 4.69) is 39.7 Å². The summed E-state index contributed by atoms with van der Waals surface area (Å²) >= 11 is 3.28. The summed E-state index contributed by atoms with van der Waals surface area (Å²) in [5.41, 5.74) is -2.39. The van der Waals surface area contributed by atoms with Crippen LogP contribution >= 0.6 is 15.9 Å². The second-order valence-electron chi connectivity index (χ2n) is 12.7. The Morgan fingerprint density at radius 2 is 1.81 bits per heavy atom. The highest BCUT2D eigenvalue weighted by Gasteiger charge is 2.52. The number of hydrogen-bond acceptors (Lipinski definition) is 9. The molecule has 1 aromatic carbocycles. The number of rotatable bonds is 16. The molecule has 0 radical (unpaired) electrons. The molecule has 1 heterocycles. The number of allylic oxidation sites excluding steroid dienone is 1. The summed E-state index contributed by atoms with van der Waals surface area (Å²) in [4.78, 5) is 55.2. The maximum Gasteiger partial charge on any atom is 0.408 e. The minimum absolute atomic E-state index is 0.0663. The summed E-state index contributed by atoms with van der Waals surface area (Å²) in [6.45, 7) is 14.0. The fraction of sp³-hybridized carbons (Fsp3) is 0.529. The third-order valence-electron chi connectivity index (χ3n) is 7.89. The largest absolute Gasteiger partial charge is 0.464 e. The molecule has 12 nitrogen and oxygen atoms in total. The zero-order valence-corrected chi connectivity index (χ0v) is 30.3. The maximum atomic E-state index is 14.2. The number of unbranched alkanes of at least 4 members (excludes halogenated alkanes) is 3. The normalized spacial score (nSPS) is 22.6. The topological polar surface area (TPSA) is 157 Å². The van der Waals surface area contributed by atoms with Gasteiger partial charge in [-0.05, 0) is 71.2 Å². The fourth-order valence-corrected chi connectivity index (χ4v) is 6.84. The molecule has 0 saturated carbocycles. The minimum atomic E-state index is -4.29. The summed E-state index contributed by atoms with van der Waals surface area (Å²) in [7, 11) is -4.29. The van der Waals surface area contributed by atoms with Crippen molar-refractivity contribution in [2.45, 2.75) is 100 Å². The van der Waals surface area contributed by atoms with E-state index in [0.717, 1.165) is 19.3 Å². The number of nitrogens with zero attached hydrogens (tertiary/aromatic N) is 1. The van der Waals surface area contributed by atoms with E-state index >= 15 is 0 Å². The van der Waals surface area contributed by atoms with Crippen LogP contribution in [0.4, 0.5) is 4.79 Å². The van der Waals surface area contributed by atoms with Gasteiger partial charge in [0.2, 0.25) is 11.8 Å². The Morgan fingerprint density at radius 1 is 1.12 bits per heavy atom. The van der Waals surface area contributed by atoms with Gasteiger partial charge in [0.25, 0.3) is 10.1 Å². The molecule has 1 fully saturated rings. The number of esters is 1. The Balaban J connectivity index is 1.94. The Kier molecular flexibility index (Phi) is 13.6. The lowest BCUT2D eigenvalue weighted by Gasteiger charge is -2.41. The predicted molar refractivity (Wildman–Crippen MR) is 183 cm³/mol. The standard InChI is InChI=1S/C34H46BrN3O9S/c1-7-10-11-12-13-14-27(36-32(42)46-33(4,5)6)30(40)38-22-25(47-48(43,44)26-17-15-24(35)16-18-26)21-28(38)29(39)37-34(31(41)45-9-3)20-19-23(34)8-2/h7-8,15-20,23,25,27-28H,1-2,9-14,21-22H2,3-6H3,(H,36,42)(H,37,39)/t23-,25+,27+,28+,34-/m1/s1. The predicted octanol–water partition coefficient (Wildman–Crippen LogP) is 4.94. The third-order valence-corrected chi connectivity index (χ3v) is 9.80. The Labute approximate surface area is 291 Å². The summed E-state index contributed by atoms with van der Waals surface area (Å²) in [5, 5.41) is 5.39. The van der Waals surface area contributed by atoms with Crippen molar-refractivity contribution < 1.29 is 41.3 Å². The van der Waals surface area contributed by atoms with Gasteiger partial charge in [0.1, 0.15) is 17.7 Å². The Bertz CT molecular complexity index is 1490. The fourth-order valence-electron chi connectivity index (χ4n) is 5.50. The number of halogens is 1. The third kappa shape index (κ3) is 10.0. The van der Waals surface area contributed by atoms with Crippen molar-refractivity contribution in [3.63, 3.8) is 0 Å². The first-order valence-electron chi connectivity index (χ1n) is 16.0. The van der Waals surface area contributed by atoms with Crippen molar-refractivity contribution in [3.8, 4) is 0 Å². The number of amides is 3. The van der Waals surface area contributed by atoms with Crippen molar-refractivity contribution in [1.82, 2.24) is 15.5 Å². The smallest absolute Gasteiger partial charge is 0.408 e. The van der Waals surface area contributed by atoms with Crippen molar-refractivity contribution >= 4 is 49.9 Å². The number of nitrogens with one attached hydrogen (secondary N) is 2. The van der Waals surface area contributed by atoms with Crippen molar-refractivity contribution in [2.24, 2.45) is 5.92 Å². The van der Waals surface area contributed by atoms with Crippen LogP contribution in [0.1, 0.15) is 66.2 Å². The van der Waals surface area contributed by atoms with E-state index in [1.165, 1.54) is 29.2 Å². The van der Waals surface area contributed by atoms with Crippen LogP contribution in [0.25, 0.3) is 0 Å². The van der Waals surface area contributed by atoms with Crippen LogP contribution in [0.5, 0.6) is 0 Å². The van der Waals surface area contributed by atoms with Crippen LogP contribution in [0.2, 0.25) is 0 Å². The van der Waals surface area contributed by atoms with E-state index in [9.17, 15) is 27.6 Å². The molecule has 1 aliphatic carbocycles. The molecule has 1 aromatic rings. The molecule has 2 aliphatic rings. The number of likely N-dealkylation sites (tertiary alicyclic amines) is 1. The first-order valence-corrected chi connectivity index (χ1v) is 18.2. The van der Waals surface area contributed by atoms with Crippen molar-refractivity contribution in [1.29, 1.82) is 0 Å². The molecule has 264 valence electrons. The zero-order valence-electron chi connectivity index (χ0n) is 27.9. The number of benzene rings is 1. The number of alkyl carbamates (subject to hydrolysis) is 1. The second kappa shape index (κ2) is 16.8. The van der Waals surface area contributed by atoms with E-state index in [-0.39, 0.29) is 30.9 Å². The average Bonchev–Trinajstić information content (AvgIpc) is 3.41. The highest BCUT2D eigenvalue weighted by atomic mass is 79.9. The van der Waals surface area contributed by atoms with E-state index < -0.39 is 69.2 Å². The summed E-state index contributed by atoms with van der Waals surface area (Å²) in [5.74, 6) is -2.61. The lowest BCUT2D eigenvalue weighted by molar-refractivity contribution is -0.154. The van der Waals surface area contributed by atoms with Crippen LogP contribution in [0, 0.1) is 5.92 Å². The summed E-state index contributed by atoms with van der Waals surface area (Å²) in [6, 6.07) is 3.50. The average molecular weight is 753 g/mol. The molecule has 5 atom stereocenters. The van der Waals surface area contributed by atoms with E-state index in [4.69, 9.17) is 13.7 Å². The number of carbonyl (C=O) groups excluding carboxylic acids is 4. The van der Waals surface area contributed by atoms with Gasteiger partial charge in [0.15, 0.2) is 5.54 Å². The maximum absolute atomic E-state index is 14.2. The van der Waals surface area contributed by atoms with Gasteiger partial charge in [-0.1, -0.05) is 53.1 Å². The molecule has 0 unspecified atom stereocenters. The summed E-state index contributed by atoms with van der Waals surface area (Å²) < 4.78 is 43.3. The molecule has 14 heteroatoms. The first-order chi connectivity index (χ1) is 22.6. The molecule has 3 rings (SSSR count). The van der Waals surface area contributed by atoms with Crippen LogP contribution in [0.3, 0.4) is 0 Å². The van der Waals surface area contributed by atoms with Crippen LogP contribution in [-0.4, -0.2) is 79.7 Å².